The average Bonchev–Trinajstić information content (AvgIpc) is 3.49. The molecule has 1 aromatic rings. The first-order valence-corrected chi connectivity index (χ1v) is 10.1. The molecule has 2 saturated heterocycles. The average molecular weight is 404 g/mol. The molecule has 0 unspecified atom stereocenters. The minimum Gasteiger partial charge on any atom is -0.442 e. The van der Waals surface area contributed by atoms with Gasteiger partial charge in [0.05, 0.1) is 30.0 Å². The highest BCUT2D eigenvalue weighted by atomic mass is 32.1. The summed E-state index contributed by atoms with van der Waals surface area (Å²) in [6.07, 6.45) is 3.20. The van der Waals surface area contributed by atoms with Crippen LogP contribution in [-0.4, -0.2) is 72.2 Å². The second-order valence-electron chi connectivity index (χ2n) is 7.51. The van der Waals surface area contributed by atoms with E-state index in [-0.39, 0.29) is 18.1 Å². The van der Waals surface area contributed by atoms with Crippen LogP contribution < -0.4 is 15.1 Å². The molecule has 0 radical (unpaired) electrons. The monoisotopic (exact) mass is 403 g/mol. The van der Waals surface area contributed by atoms with E-state index in [1.54, 1.807) is 18.0 Å². The van der Waals surface area contributed by atoms with Gasteiger partial charge >= 0.3 is 6.09 Å². The zero-order chi connectivity index (χ0) is 19.7. The largest absolute Gasteiger partial charge is 0.442 e. The fourth-order valence-corrected chi connectivity index (χ4v) is 3.65. The van der Waals surface area contributed by atoms with Crippen LogP contribution in [0.4, 0.5) is 16.3 Å². The number of ether oxygens (including phenoxy) is 1. The number of thiocarbonyl (C=S) groups is 1. The molecule has 1 saturated carbocycles. The van der Waals surface area contributed by atoms with Crippen molar-refractivity contribution in [2.75, 3.05) is 49.1 Å². The molecule has 3 heterocycles. The van der Waals surface area contributed by atoms with Crippen LogP contribution in [0.3, 0.4) is 0 Å². The van der Waals surface area contributed by atoms with Crippen LogP contribution in [0.25, 0.3) is 0 Å². The van der Waals surface area contributed by atoms with E-state index in [0.717, 1.165) is 50.5 Å². The van der Waals surface area contributed by atoms with Crippen LogP contribution in [-0.2, 0) is 9.53 Å². The number of amides is 2. The quantitative estimate of drug-likeness (QED) is 0.745. The van der Waals surface area contributed by atoms with Crippen LogP contribution in [0, 0.1) is 5.92 Å². The molecule has 28 heavy (non-hydrogen) atoms. The Bertz CT molecular complexity index is 759. The smallest absolute Gasteiger partial charge is 0.414 e. The van der Waals surface area contributed by atoms with Crippen molar-refractivity contribution in [1.29, 1.82) is 0 Å². The van der Waals surface area contributed by atoms with Crippen LogP contribution in [0.2, 0.25) is 0 Å². The number of hydrogen-bond acceptors (Lipinski definition) is 6. The molecule has 3 fully saturated rings. The van der Waals surface area contributed by atoms with Crippen LogP contribution in [0.15, 0.2) is 18.3 Å². The predicted molar refractivity (Wildman–Crippen MR) is 110 cm³/mol. The highest BCUT2D eigenvalue weighted by molar-refractivity contribution is 7.80. The molecule has 1 aromatic heterocycles. The Kier molecular flexibility index (Phi) is 5.34. The Morgan fingerprint density at radius 1 is 1.29 bits per heavy atom. The van der Waals surface area contributed by atoms with Crippen molar-refractivity contribution in [3.63, 3.8) is 0 Å². The van der Waals surface area contributed by atoms with Gasteiger partial charge in [-0.1, -0.05) is 12.2 Å². The number of nitrogens with one attached hydrogen (secondary N) is 1. The Labute approximate surface area is 169 Å². The van der Waals surface area contributed by atoms with Gasteiger partial charge in [-0.15, -0.1) is 0 Å². The van der Waals surface area contributed by atoms with E-state index >= 15 is 0 Å². The van der Waals surface area contributed by atoms with E-state index in [0.29, 0.717) is 24.0 Å². The lowest BCUT2D eigenvalue weighted by Crippen LogP contribution is -2.49. The second kappa shape index (κ2) is 7.90. The van der Waals surface area contributed by atoms with Crippen molar-refractivity contribution < 1.29 is 14.3 Å². The van der Waals surface area contributed by atoms with Gasteiger partial charge in [0.1, 0.15) is 11.9 Å². The van der Waals surface area contributed by atoms with E-state index < -0.39 is 0 Å². The summed E-state index contributed by atoms with van der Waals surface area (Å²) in [7, 11) is 0. The number of hydrogen-bond donors (Lipinski definition) is 1. The van der Waals surface area contributed by atoms with Crippen LogP contribution in [0.1, 0.15) is 19.8 Å². The van der Waals surface area contributed by atoms with Gasteiger partial charge in [0, 0.05) is 32.1 Å². The summed E-state index contributed by atoms with van der Waals surface area (Å²) in [5.41, 5.74) is 0.720. The zero-order valence-electron chi connectivity index (χ0n) is 16.0. The van der Waals surface area contributed by atoms with Gasteiger partial charge in [-0.05, 0) is 31.9 Å². The van der Waals surface area contributed by atoms with E-state index in [1.807, 2.05) is 17.0 Å². The normalized spacial score (nSPS) is 22.2. The lowest BCUT2D eigenvalue weighted by molar-refractivity contribution is -0.132. The maximum absolute atomic E-state index is 12.2. The van der Waals surface area contributed by atoms with E-state index in [4.69, 9.17) is 17.0 Å². The number of carbonyl (C=O) groups excluding carboxylic acids is 2. The summed E-state index contributed by atoms with van der Waals surface area (Å²) in [6.45, 7) is 5.82. The molecule has 2 amide bonds. The van der Waals surface area contributed by atoms with Crippen LogP contribution in [0.5, 0.6) is 0 Å². The number of nitrogens with zero attached hydrogens (tertiary/aromatic N) is 4. The lowest BCUT2D eigenvalue weighted by atomic mass is 10.2. The topological polar surface area (TPSA) is 78.0 Å². The van der Waals surface area contributed by atoms with Crippen molar-refractivity contribution in [2.45, 2.75) is 25.9 Å². The summed E-state index contributed by atoms with van der Waals surface area (Å²) >= 11 is 4.99. The molecule has 1 aliphatic carbocycles. The first kappa shape index (κ1) is 18.9. The maximum atomic E-state index is 12.2. The minimum absolute atomic E-state index is 0.234. The molecule has 1 atom stereocenters. The molecule has 2 aliphatic heterocycles. The van der Waals surface area contributed by atoms with E-state index in [2.05, 4.69) is 15.2 Å². The van der Waals surface area contributed by atoms with Crippen LogP contribution >= 0.6 is 12.2 Å². The van der Waals surface area contributed by atoms with Crippen molar-refractivity contribution in [3.8, 4) is 0 Å². The maximum Gasteiger partial charge on any atom is 0.414 e. The summed E-state index contributed by atoms with van der Waals surface area (Å²) in [4.78, 5) is 35.3. The lowest BCUT2D eigenvalue weighted by Gasteiger charge is -2.35. The Morgan fingerprint density at radius 2 is 2.04 bits per heavy atom. The fourth-order valence-electron chi connectivity index (χ4n) is 3.57. The van der Waals surface area contributed by atoms with Crippen molar-refractivity contribution in [3.05, 3.63) is 18.3 Å². The summed E-state index contributed by atoms with van der Waals surface area (Å²) < 4.78 is 5.37. The first-order valence-electron chi connectivity index (χ1n) is 9.73. The number of anilines is 2. The molecule has 8 nitrogen and oxygen atoms in total. The third-order valence-electron chi connectivity index (χ3n) is 5.34. The van der Waals surface area contributed by atoms with E-state index in [9.17, 15) is 9.59 Å². The van der Waals surface area contributed by atoms with Crippen molar-refractivity contribution in [1.82, 2.24) is 15.2 Å². The predicted octanol–water partition coefficient (Wildman–Crippen LogP) is 1.40. The molecular formula is C19H25N5O3S. The van der Waals surface area contributed by atoms with Gasteiger partial charge in [-0.2, -0.15) is 0 Å². The van der Waals surface area contributed by atoms with E-state index in [1.165, 1.54) is 0 Å². The minimum atomic E-state index is -0.365. The van der Waals surface area contributed by atoms with Gasteiger partial charge in [0.25, 0.3) is 0 Å². The fraction of sp³-hybridized carbons (Fsp3) is 0.579. The highest BCUT2D eigenvalue weighted by Crippen LogP contribution is 2.31. The molecule has 0 spiro atoms. The summed E-state index contributed by atoms with van der Waals surface area (Å²) in [6, 6.07) is 3.82. The zero-order valence-corrected chi connectivity index (χ0v) is 16.8. The molecule has 1 N–H and O–H groups in total. The molecule has 0 bridgehead atoms. The van der Waals surface area contributed by atoms with Crippen molar-refractivity contribution >= 4 is 40.7 Å². The summed E-state index contributed by atoms with van der Waals surface area (Å²) in [5, 5.41) is 3.03. The Balaban J connectivity index is 1.32. The number of aromatic nitrogens is 1. The van der Waals surface area contributed by atoms with Gasteiger partial charge in [0.2, 0.25) is 5.91 Å². The Hall–Kier alpha value is -2.42. The molecule has 3 aliphatic rings. The number of cyclic esters (lactones) is 1. The molecule has 4 rings (SSSR count). The number of carbonyl (C=O) groups is 2. The number of rotatable bonds is 5. The Morgan fingerprint density at radius 3 is 2.64 bits per heavy atom. The van der Waals surface area contributed by atoms with Gasteiger partial charge in [0.15, 0.2) is 0 Å². The van der Waals surface area contributed by atoms with Gasteiger partial charge in [-0.3, -0.25) is 9.69 Å². The summed E-state index contributed by atoms with van der Waals surface area (Å²) in [5.74, 6) is 1.45. The molecular weight excluding hydrogens is 378 g/mol. The second-order valence-corrected chi connectivity index (χ2v) is 8.13. The highest BCUT2D eigenvalue weighted by Gasteiger charge is 2.35. The van der Waals surface area contributed by atoms with Gasteiger partial charge < -0.3 is 19.9 Å². The molecule has 0 aromatic carbocycles. The van der Waals surface area contributed by atoms with Gasteiger partial charge in [-0.25, -0.2) is 9.78 Å². The standard InChI is InChI=1S/C19H25N5O3S/c1-13(28)20-11-16-12-24(19(26)27-16)15-4-5-17(21-10-15)22-6-8-23(9-7-22)18(25)14-2-3-14/h4-5,10,14,16H,2-3,6-9,11-12H2,1H3,(H,20,28)/t16-/m0/s1. The van der Waals surface area contributed by atoms with Crippen molar-refractivity contribution in [2.24, 2.45) is 5.92 Å². The number of pyridine rings is 1. The molecule has 150 valence electrons. The molecule has 9 heteroatoms. The third-order valence-corrected chi connectivity index (χ3v) is 5.48. The SMILES string of the molecule is CC(=S)NC[C@H]1CN(c2ccc(N3CCN(C(=O)C4CC4)CC3)nc2)C(=O)O1. The third kappa shape index (κ3) is 4.19. The first-order chi connectivity index (χ1) is 13.5. The number of piperazine rings is 1.